The van der Waals surface area contributed by atoms with Gasteiger partial charge in [0.2, 0.25) is 5.96 Å². The second-order valence-corrected chi connectivity index (χ2v) is 14.2. The van der Waals surface area contributed by atoms with E-state index in [1.807, 2.05) is 19.9 Å². The molecular formula is C28H43N6O9P. The van der Waals surface area contributed by atoms with E-state index in [1.165, 1.54) is 10.8 Å². The lowest BCUT2D eigenvalue weighted by molar-refractivity contribution is -0.127. The van der Waals surface area contributed by atoms with Crippen LogP contribution in [0.15, 0.2) is 20.8 Å². The number of nitriles is 1. The molecule has 5 atom stereocenters. The summed E-state index contributed by atoms with van der Waals surface area (Å²) in [7, 11) is -1.49. The van der Waals surface area contributed by atoms with E-state index in [-0.39, 0.29) is 31.1 Å². The van der Waals surface area contributed by atoms with Crippen LogP contribution in [0.2, 0.25) is 0 Å². The number of nitrogens with one attached hydrogen (secondary N) is 2. The number of aromatic nitrogens is 2. The average molecular weight is 639 g/mol. The van der Waals surface area contributed by atoms with Crippen LogP contribution in [0.25, 0.3) is 0 Å². The van der Waals surface area contributed by atoms with Gasteiger partial charge in [0.25, 0.3) is 5.56 Å². The van der Waals surface area contributed by atoms with Gasteiger partial charge < -0.3 is 28.2 Å². The Bertz CT molecular complexity index is 1410. The maximum atomic E-state index is 13.1. The molecule has 2 unspecified atom stereocenters. The number of amides is 2. The molecule has 0 saturated carbocycles. The van der Waals surface area contributed by atoms with Crippen LogP contribution < -0.4 is 16.6 Å². The minimum Gasteiger partial charge on any atom is -0.444 e. The third-order valence-electron chi connectivity index (χ3n) is 6.71. The van der Waals surface area contributed by atoms with Gasteiger partial charge in [0.05, 0.1) is 25.6 Å². The topological polar surface area (TPSA) is 187 Å². The Labute approximate surface area is 257 Å². The number of fused-ring (bicyclic) bond motifs is 2. The van der Waals surface area contributed by atoms with Gasteiger partial charge in [0.15, 0.2) is 14.6 Å². The number of guanidine groups is 1. The van der Waals surface area contributed by atoms with Crippen LogP contribution in [0, 0.1) is 18.3 Å². The van der Waals surface area contributed by atoms with Gasteiger partial charge in [-0.3, -0.25) is 19.7 Å². The van der Waals surface area contributed by atoms with Crippen molar-refractivity contribution in [1.82, 2.24) is 19.8 Å². The first-order valence-electron chi connectivity index (χ1n) is 14.5. The molecule has 2 amide bonds. The molecule has 2 saturated heterocycles. The smallest absolute Gasteiger partial charge is 0.437 e. The second-order valence-electron chi connectivity index (χ2n) is 12.5. The highest BCUT2D eigenvalue weighted by atomic mass is 31.2. The Morgan fingerprint density at radius 2 is 1.86 bits per heavy atom. The molecule has 244 valence electrons. The SMILES string of the molecule is CCP(OCCC#N)OC1[C@H]2[C@H](n3cc(C)c(=O)[nH]c3=O)O[C@@]1(CC)CN2/C(=N\C(=O)OC(C)(C)C)NC(=O)OC(C)(C)C. The van der Waals surface area contributed by atoms with Crippen LogP contribution in [-0.4, -0.2) is 80.9 Å². The first-order valence-corrected chi connectivity index (χ1v) is 15.8. The Morgan fingerprint density at radius 1 is 1.20 bits per heavy atom. The molecule has 2 aliphatic heterocycles. The van der Waals surface area contributed by atoms with Crippen LogP contribution in [-0.2, 0) is 23.3 Å². The molecular weight excluding hydrogens is 595 g/mol. The molecule has 15 nitrogen and oxygen atoms in total. The number of hydrogen-bond donors (Lipinski definition) is 2. The van der Waals surface area contributed by atoms with Crippen molar-refractivity contribution < 1.29 is 32.8 Å². The molecule has 16 heteroatoms. The fourth-order valence-electron chi connectivity index (χ4n) is 4.89. The number of nitrogens with zero attached hydrogens (tertiary/aromatic N) is 4. The minimum absolute atomic E-state index is 0.106. The van der Waals surface area contributed by atoms with Gasteiger partial charge in [-0.1, -0.05) is 13.8 Å². The first kappa shape index (κ1) is 35.2. The molecule has 3 heterocycles. The molecule has 2 bridgehead atoms. The maximum Gasteiger partial charge on any atom is 0.437 e. The highest BCUT2D eigenvalue weighted by Crippen LogP contribution is 2.54. The number of alkyl carbamates (subject to hydrolysis) is 1. The minimum atomic E-state index is -1.49. The summed E-state index contributed by atoms with van der Waals surface area (Å²) in [4.78, 5) is 59.3. The zero-order chi connectivity index (χ0) is 33.0. The second kappa shape index (κ2) is 13.8. The summed E-state index contributed by atoms with van der Waals surface area (Å²) >= 11 is 0. The molecule has 2 N–H and O–H groups in total. The van der Waals surface area contributed by atoms with Gasteiger partial charge in [-0.25, -0.2) is 14.4 Å². The van der Waals surface area contributed by atoms with Crippen molar-refractivity contribution in [3.8, 4) is 6.07 Å². The number of aromatic amines is 1. The molecule has 1 aromatic rings. The molecule has 0 aliphatic carbocycles. The summed E-state index contributed by atoms with van der Waals surface area (Å²) in [5.74, 6) is -0.184. The van der Waals surface area contributed by atoms with E-state index in [1.54, 1.807) is 53.4 Å². The summed E-state index contributed by atoms with van der Waals surface area (Å²) in [6.07, 6.45) is -1.13. The molecule has 2 fully saturated rings. The zero-order valence-corrected chi connectivity index (χ0v) is 27.6. The number of likely N-dealkylation sites (tertiary alicyclic amines) is 1. The third kappa shape index (κ3) is 8.44. The van der Waals surface area contributed by atoms with E-state index in [2.05, 4.69) is 15.3 Å². The molecule has 2 aliphatic rings. The van der Waals surface area contributed by atoms with E-state index in [4.69, 9.17) is 28.5 Å². The fourth-order valence-corrected chi connectivity index (χ4v) is 6.15. The number of carbonyl (C=O) groups excluding carboxylic acids is 2. The van der Waals surface area contributed by atoms with Gasteiger partial charge in [-0.2, -0.15) is 5.26 Å². The number of morpholine rings is 1. The largest absolute Gasteiger partial charge is 0.444 e. The van der Waals surface area contributed by atoms with E-state index >= 15 is 0 Å². The zero-order valence-electron chi connectivity index (χ0n) is 26.8. The van der Waals surface area contributed by atoms with Crippen LogP contribution in [0.4, 0.5) is 9.59 Å². The molecule has 0 aromatic carbocycles. The predicted molar refractivity (Wildman–Crippen MR) is 161 cm³/mol. The number of ether oxygens (including phenoxy) is 3. The highest BCUT2D eigenvalue weighted by Gasteiger charge is 2.66. The monoisotopic (exact) mass is 638 g/mol. The number of hydrogen-bond acceptors (Lipinski definition) is 10. The molecule has 0 radical (unpaired) electrons. The highest BCUT2D eigenvalue weighted by molar-refractivity contribution is 7.47. The molecule has 1 aromatic heterocycles. The Hall–Kier alpha value is -3.31. The fraction of sp³-hybridized carbons (Fsp3) is 0.714. The lowest BCUT2D eigenvalue weighted by Gasteiger charge is -2.38. The Balaban J connectivity index is 2.15. The van der Waals surface area contributed by atoms with Crippen molar-refractivity contribution in [2.75, 3.05) is 19.3 Å². The Kier molecular flexibility index (Phi) is 11.0. The number of aryl methyl sites for hydroxylation is 1. The van der Waals surface area contributed by atoms with Crippen molar-refractivity contribution in [3.05, 3.63) is 32.6 Å². The van der Waals surface area contributed by atoms with Gasteiger partial charge in [0, 0.05) is 17.9 Å². The number of rotatable bonds is 8. The lowest BCUT2D eigenvalue weighted by atomic mass is 9.96. The molecule has 0 spiro atoms. The van der Waals surface area contributed by atoms with Crippen LogP contribution in [0.3, 0.4) is 0 Å². The van der Waals surface area contributed by atoms with E-state index in [0.29, 0.717) is 12.6 Å². The van der Waals surface area contributed by atoms with E-state index in [0.717, 1.165) is 0 Å². The van der Waals surface area contributed by atoms with Crippen LogP contribution in [0.1, 0.15) is 80.0 Å². The summed E-state index contributed by atoms with van der Waals surface area (Å²) in [5.41, 5.74) is -3.76. The van der Waals surface area contributed by atoms with Crippen LogP contribution in [0.5, 0.6) is 0 Å². The van der Waals surface area contributed by atoms with Crippen molar-refractivity contribution >= 4 is 26.5 Å². The number of H-pyrrole nitrogens is 1. The van der Waals surface area contributed by atoms with Gasteiger partial charge in [0.1, 0.15) is 28.9 Å². The standard InChI is InChI=1S/C28H43N6O9P/c1-10-28-16-34(22(31-24(37)41-26(4,5)6)32-25(38)42-27(7,8)9)18(19(28)43-44(11-2)39-14-12-13-29)21(40-28)33-15-17(3)20(35)30-23(33)36/h15,18-19,21H,10-12,14,16H2,1-9H3,(H,30,35,36)(H,31,32,37,38)/t18-,19?,21+,28-,44?/m0/s1. The summed E-state index contributed by atoms with van der Waals surface area (Å²) in [5, 5.41) is 11.6. The quantitative estimate of drug-likeness (QED) is 0.183. The molecule has 44 heavy (non-hydrogen) atoms. The van der Waals surface area contributed by atoms with Crippen molar-refractivity contribution in [2.24, 2.45) is 4.99 Å². The summed E-state index contributed by atoms with van der Waals surface area (Å²) in [6, 6.07) is 1.20. The van der Waals surface area contributed by atoms with Gasteiger partial charge in [-0.15, -0.1) is 4.99 Å². The third-order valence-corrected chi connectivity index (χ3v) is 8.16. The van der Waals surface area contributed by atoms with E-state index < -0.39 is 67.0 Å². The summed E-state index contributed by atoms with van der Waals surface area (Å²) < 4.78 is 31.1. The van der Waals surface area contributed by atoms with Crippen molar-refractivity contribution in [3.63, 3.8) is 0 Å². The van der Waals surface area contributed by atoms with E-state index in [9.17, 15) is 19.2 Å². The van der Waals surface area contributed by atoms with Crippen molar-refractivity contribution in [1.29, 1.82) is 5.26 Å². The van der Waals surface area contributed by atoms with Gasteiger partial charge in [-0.05, 0) is 54.9 Å². The molecule has 3 rings (SSSR count). The number of carbonyl (C=O) groups is 2. The average Bonchev–Trinajstić information content (AvgIpc) is 3.37. The first-order chi connectivity index (χ1) is 20.4. The lowest BCUT2D eigenvalue weighted by Crippen LogP contribution is -2.55. The van der Waals surface area contributed by atoms with Crippen LogP contribution >= 0.6 is 8.38 Å². The van der Waals surface area contributed by atoms with Gasteiger partial charge >= 0.3 is 17.9 Å². The summed E-state index contributed by atoms with van der Waals surface area (Å²) in [6.45, 7) is 15.7. The van der Waals surface area contributed by atoms with Crippen molar-refractivity contribution in [2.45, 2.75) is 110 Å². The normalized spacial score (nSPS) is 24.1. The predicted octanol–water partition coefficient (Wildman–Crippen LogP) is 3.67. The number of aliphatic imine (C=N–C) groups is 1. The Morgan fingerprint density at radius 3 is 2.43 bits per heavy atom. The maximum absolute atomic E-state index is 13.1.